The number of aromatic nitrogens is 2. The minimum Gasteiger partial charge on any atom is -0.306 e. The maximum atomic E-state index is 12.7. The van der Waals surface area contributed by atoms with E-state index in [1.165, 1.54) is 30.6 Å². The normalized spacial score (nSPS) is 15.7. The third-order valence-corrected chi connectivity index (χ3v) is 6.25. The Morgan fingerprint density at radius 1 is 1.21 bits per heavy atom. The highest BCUT2D eigenvalue weighted by molar-refractivity contribution is 7.21. The van der Waals surface area contributed by atoms with E-state index >= 15 is 0 Å². The molecule has 0 bridgehead atoms. The van der Waals surface area contributed by atoms with Gasteiger partial charge in [0.15, 0.2) is 0 Å². The van der Waals surface area contributed by atoms with Crippen molar-refractivity contribution < 1.29 is 4.79 Å². The number of rotatable bonds is 3. The predicted octanol–water partition coefficient (Wildman–Crippen LogP) is 5.51. The Morgan fingerprint density at radius 2 is 2.00 bits per heavy atom. The largest absolute Gasteiger partial charge is 0.306 e. The molecule has 1 aliphatic carbocycles. The summed E-state index contributed by atoms with van der Waals surface area (Å²) in [6.45, 7) is 0. The Morgan fingerprint density at radius 3 is 2.79 bits per heavy atom. The molecule has 2 aromatic heterocycles. The first-order chi connectivity index (χ1) is 11.7. The Hall–Kier alpha value is -1.85. The lowest BCUT2D eigenvalue weighted by Gasteiger charge is -2.23. The summed E-state index contributed by atoms with van der Waals surface area (Å²) < 4.78 is 2.98. The quantitative estimate of drug-likeness (QED) is 0.670. The van der Waals surface area contributed by atoms with E-state index in [0.29, 0.717) is 15.9 Å². The highest BCUT2D eigenvalue weighted by atomic mass is 35.5. The van der Waals surface area contributed by atoms with Crippen molar-refractivity contribution >= 4 is 44.7 Å². The van der Waals surface area contributed by atoms with Crippen LogP contribution in [-0.4, -0.2) is 15.7 Å². The molecule has 124 valence electrons. The van der Waals surface area contributed by atoms with Crippen LogP contribution in [0.15, 0.2) is 36.5 Å². The summed E-state index contributed by atoms with van der Waals surface area (Å²) >= 11 is 7.83. The van der Waals surface area contributed by atoms with Crippen LogP contribution in [0.1, 0.15) is 47.8 Å². The lowest BCUT2D eigenvalue weighted by Crippen LogP contribution is -2.19. The van der Waals surface area contributed by atoms with Crippen molar-refractivity contribution in [3.8, 4) is 0 Å². The zero-order chi connectivity index (χ0) is 16.5. The van der Waals surface area contributed by atoms with Crippen molar-refractivity contribution in [2.24, 2.45) is 0 Å². The van der Waals surface area contributed by atoms with E-state index in [2.05, 4.69) is 10.4 Å². The zero-order valence-corrected chi connectivity index (χ0v) is 14.7. The van der Waals surface area contributed by atoms with Crippen LogP contribution in [0.3, 0.4) is 0 Å². The summed E-state index contributed by atoms with van der Waals surface area (Å²) in [4.78, 5) is 13.3. The van der Waals surface area contributed by atoms with Crippen molar-refractivity contribution in [1.82, 2.24) is 9.78 Å². The number of amides is 1. The van der Waals surface area contributed by atoms with Gasteiger partial charge in [-0.1, -0.05) is 49.1 Å². The number of anilines is 1. The van der Waals surface area contributed by atoms with E-state index in [-0.39, 0.29) is 5.91 Å². The second kappa shape index (κ2) is 6.57. The van der Waals surface area contributed by atoms with Gasteiger partial charge in [-0.2, -0.15) is 5.10 Å². The molecular weight excluding hydrogens is 342 g/mol. The molecule has 2 heterocycles. The Labute approximate surface area is 149 Å². The van der Waals surface area contributed by atoms with Gasteiger partial charge in [0.05, 0.1) is 17.3 Å². The summed E-state index contributed by atoms with van der Waals surface area (Å²) in [6.07, 6.45) is 7.72. The fraction of sp³-hybridized carbons (Fsp3) is 0.333. The van der Waals surface area contributed by atoms with Gasteiger partial charge in [-0.3, -0.25) is 4.79 Å². The summed E-state index contributed by atoms with van der Waals surface area (Å²) in [6, 6.07) is 10.0. The van der Waals surface area contributed by atoms with Gasteiger partial charge in [-0.15, -0.1) is 11.3 Å². The SMILES string of the molecule is O=C(Nc1ccnn1C1CCCCC1)c1sc2ccccc2c1Cl. The molecule has 1 aliphatic rings. The van der Waals surface area contributed by atoms with E-state index in [1.807, 2.05) is 35.0 Å². The number of benzene rings is 1. The Balaban J connectivity index is 1.60. The molecule has 1 amide bonds. The van der Waals surface area contributed by atoms with Crippen LogP contribution in [0.4, 0.5) is 5.82 Å². The molecule has 0 radical (unpaired) electrons. The van der Waals surface area contributed by atoms with Crippen LogP contribution in [0.25, 0.3) is 10.1 Å². The van der Waals surface area contributed by atoms with Crippen molar-refractivity contribution in [2.45, 2.75) is 38.1 Å². The smallest absolute Gasteiger partial charge is 0.268 e. The maximum Gasteiger partial charge on any atom is 0.268 e. The fourth-order valence-electron chi connectivity index (χ4n) is 3.36. The van der Waals surface area contributed by atoms with E-state index in [4.69, 9.17) is 11.6 Å². The number of thiophene rings is 1. The van der Waals surface area contributed by atoms with Gasteiger partial charge in [0.25, 0.3) is 5.91 Å². The minimum atomic E-state index is -0.168. The maximum absolute atomic E-state index is 12.7. The van der Waals surface area contributed by atoms with Gasteiger partial charge < -0.3 is 5.32 Å². The number of fused-ring (bicyclic) bond motifs is 1. The number of carbonyl (C=O) groups excluding carboxylic acids is 1. The van der Waals surface area contributed by atoms with Crippen LogP contribution < -0.4 is 5.32 Å². The number of hydrogen-bond acceptors (Lipinski definition) is 3. The van der Waals surface area contributed by atoms with E-state index in [1.54, 1.807) is 6.20 Å². The first-order valence-corrected chi connectivity index (χ1v) is 9.45. The lowest BCUT2D eigenvalue weighted by molar-refractivity contribution is 0.102. The highest BCUT2D eigenvalue weighted by Gasteiger charge is 2.21. The van der Waals surface area contributed by atoms with E-state index in [9.17, 15) is 4.79 Å². The van der Waals surface area contributed by atoms with E-state index in [0.717, 1.165) is 28.7 Å². The number of carbonyl (C=O) groups is 1. The van der Waals surface area contributed by atoms with Gasteiger partial charge in [0.1, 0.15) is 10.7 Å². The zero-order valence-electron chi connectivity index (χ0n) is 13.2. The van der Waals surface area contributed by atoms with Gasteiger partial charge >= 0.3 is 0 Å². The van der Waals surface area contributed by atoms with Crippen molar-refractivity contribution in [1.29, 1.82) is 0 Å². The topological polar surface area (TPSA) is 46.9 Å². The van der Waals surface area contributed by atoms with Gasteiger partial charge in [0, 0.05) is 16.2 Å². The first-order valence-electron chi connectivity index (χ1n) is 8.26. The number of nitrogens with zero attached hydrogens (tertiary/aromatic N) is 2. The second-order valence-electron chi connectivity index (χ2n) is 6.15. The molecule has 3 aromatic rings. The predicted molar refractivity (Wildman–Crippen MR) is 99.1 cm³/mol. The van der Waals surface area contributed by atoms with Crippen LogP contribution >= 0.6 is 22.9 Å². The molecular formula is C18H18ClN3OS. The molecule has 4 rings (SSSR count). The summed E-state index contributed by atoms with van der Waals surface area (Å²) in [5, 5.41) is 8.87. The van der Waals surface area contributed by atoms with Crippen LogP contribution in [-0.2, 0) is 0 Å². The molecule has 0 saturated heterocycles. The number of hydrogen-bond donors (Lipinski definition) is 1. The third-order valence-electron chi connectivity index (χ3n) is 4.57. The molecule has 24 heavy (non-hydrogen) atoms. The van der Waals surface area contributed by atoms with Crippen LogP contribution in [0.5, 0.6) is 0 Å². The van der Waals surface area contributed by atoms with Crippen molar-refractivity contribution in [3.63, 3.8) is 0 Å². The average Bonchev–Trinajstić information content (AvgIpc) is 3.21. The molecule has 1 N–H and O–H groups in total. The summed E-state index contributed by atoms with van der Waals surface area (Å²) in [5.74, 6) is 0.583. The van der Waals surface area contributed by atoms with Crippen molar-refractivity contribution in [2.75, 3.05) is 5.32 Å². The lowest BCUT2D eigenvalue weighted by atomic mass is 9.96. The fourth-order valence-corrected chi connectivity index (χ4v) is 4.78. The molecule has 1 saturated carbocycles. The molecule has 0 unspecified atom stereocenters. The Bertz CT molecular complexity index is 879. The molecule has 0 aliphatic heterocycles. The molecule has 0 spiro atoms. The average molecular weight is 360 g/mol. The summed E-state index contributed by atoms with van der Waals surface area (Å²) in [7, 11) is 0. The third kappa shape index (κ3) is 2.82. The molecule has 6 heteroatoms. The summed E-state index contributed by atoms with van der Waals surface area (Å²) in [5.41, 5.74) is 0. The van der Waals surface area contributed by atoms with E-state index < -0.39 is 0 Å². The molecule has 4 nitrogen and oxygen atoms in total. The second-order valence-corrected chi connectivity index (χ2v) is 7.58. The first kappa shape index (κ1) is 15.7. The standard InChI is InChI=1S/C18H18ClN3OS/c19-16-13-8-4-5-9-14(13)24-17(16)18(23)21-15-10-11-20-22(15)12-6-2-1-3-7-12/h4-5,8-12H,1-3,6-7H2,(H,21,23). The molecule has 0 atom stereocenters. The number of halogens is 1. The molecule has 1 fully saturated rings. The van der Waals surface area contributed by atoms with Gasteiger partial charge in [-0.05, 0) is 18.9 Å². The van der Waals surface area contributed by atoms with Gasteiger partial charge in [-0.25, -0.2) is 4.68 Å². The minimum absolute atomic E-state index is 0.168. The van der Waals surface area contributed by atoms with Crippen molar-refractivity contribution in [3.05, 3.63) is 46.4 Å². The van der Waals surface area contributed by atoms with Crippen LogP contribution in [0, 0.1) is 0 Å². The Kier molecular flexibility index (Phi) is 4.29. The molecule has 1 aromatic carbocycles. The highest BCUT2D eigenvalue weighted by Crippen LogP contribution is 2.36. The monoisotopic (exact) mass is 359 g/mol. The van der Waals surface area contributed by atoms with Crippen LogP contribution in [0.2, 0.25) is 5.02 Å². The number of nitrogens with one attached hydrogen (secondary N) is 1. The van der Waals surface area contributed by atoms with Gasteiger partial charge in [0.2, 0.25) is 0 Å².